The van der Waals surface area contributed by atoms with E-state index in [1.54, 1.807) is 18.0 Å². The quantitative estimate of drug-likeness (QED) is 0.523. The first-order valence-electron chi connectivity index (χ1n) is 6.80. The Labute approximate surface area is 128 Å². The van der Waals surface area contributed by atoms with Crippen molar-refractivity contribution in [1.82, 2.24) is 4.98 Å². The summed E-state index contributed by atoms with van der Waals surface area (Å²) in [4.78, 5) is 17.9. The molecular weight excluding hydrogens is 278 g/mol. The van der Waals surface area contributed by atoms with E-state index in [4.69, 9.17) is 0 Å². The topological polar surface area (TPSA) is 30.0 Å². The molecule has 2 nitrogen and oxygen atoms in total. The largest absolute Gasteiger partial charge is 0.293 e. The SMILES string of the molecule is Cc1ccc(SCC(=O)c2cccc3cccnc23)cc1. The van der Waals surface area contributed by atoms with Crippen LogP contribution in [0, 0.1) is 6.92 Å². The third-order valence-corrected chi connectivity index (χ3v) is 4.34. The fourth-order valence-electron chi connectivity index (χ4n) is 2.19. The molecule has 0 aliphatic carbocycles. The van der Waals surface area contributed by atoms with Gasteiger partial charge in [0.2, 0.25) is 0 Å². The normalized spacial score (nSPS) is 10.7. The van der Waals surface area contributed by atoms with Gasteiger partial charge in [0.15, 0.2) is 5.78 Å². The Kier molecular flexibility index (Phi) is 4.02. The number of ketones is 1. The lowest BCUT2D eigenvalue weighted by molar-refractivity contribution is 0.102. The molecule has 0 spiro atoms. The number of fused-ring (bicyclic) bond motifs is 1. The van der Waals surface area contributed by atoms with E-state index >= 15 is 0 Å². The number of thioether (sulfide) groups is 1. The van der Waals surface area contributed by atoms with Crippen LogP contribution in [0.4, 0.5) is 0 Å². The van der Waals surface area contributed by atoms with Crippen molar-refractivity contribution >= 4 is 28.4 Å². The van der Waals surface area contributed by atoms with Gasteiger partial charge in [-0.1, -0.05) is 35.9 Å². The van der Waals surface area contributed by atoms with Crippen LogP contribution in [-0.2, 0) is 0 Å². The van der Waals surface area contributed by atoms with Crippen LogP contribution in [0.5, 0.6) is 0 Å². The number of Topliss-reactive ketones (excluding diaryl/α,β-unsaturated/α-hetero) is 1. The smallest absolute Gasteiger partial charge is 0.175 e. The van der Waals surface area contributed by atoms with Crippen molar-refractivity contribution in [3.8, 4) is 0 Å². The van der Waals surface area contributed by atoms with Gasteiger partial charge < -0.3 is 0 Å². The summed E-state index contributed by atoms with van der Waals surface area (Å²) in [6.45, 7) is 2.06. The van der Waals surface area contributed by atoms with E-state index in [1.807, 2.05) is 30.3 Å². The zero-order valence-electron chi connectivity index (χ0n) is 11.7. The Morgan fingerprint density at radius 3 is 2.62 bits per heavy atom. The summed E-state index contributed by atoms with van der Waals surface area (Å²) in [5, 5.41) is 1.00. The highest BCUT2D eigenvalue weighted by molar-refractivity contribution is 8.00. The first-order valence-corrected chi connectivity index (χ1v) is 7.79. The fourth-order valence-corrected chi connectivity index (χ4v) is 2.97. The highest BCUT2D eigenvalue weighted by Crippen LogP contribution is 2.22. The van der Waals surface area contributed by atoms with Crippen LogP contribution in [0.1, 0.15) is 15.9 Å². The van der Waals surface area contributed by atoms with E-state index in [1.165, 1.54) is 5.56 Å². The monoisotopic (exact) mass is 293 g/mol. The number of pyridine rings is 1. The molecule has 21 heavy (non-hydrogen) atoms. The van der Waals surface area contributed by atoms with Crippen LogP contribution in [0.15, 0.2) is 65.7 Å². The van der Waals surface area contributed by atoms with E-state index in [0.29, 0.717) is 11.3 Å². The van der Waals surface area contributed by atoms with Crippen molar-refractivity contribution < 1.29 is 4.79 Å². The lowest BCUT2D eigenvalue weighted by Crippen LogP contribution is -2.04. The predicted octanol–water partition coefficient (Wildman–Crippen LogP) is 4.52. The number of para-hydroxylation sites is 1. The average molecular weight is 293 g/mol. The highest BCUT2D eigenvalue weighted by atomic mass is 32.2. The molecular formula is C18H15NOS. The molecule has 0 amide bonds. The van der Waals surface area contributed by atoms with Crippen LogP contribution in [0.2, 0.25) is 0 Å². The van der Waals surface area contributed by atoms with Gasteiger partial charge in [-0.25, -0.2) is 0 Å². The zero-order chi connectivity index (χ0) is 14.7. The van der Waals surface area contributed by atoms with E-state index in [-0.39, 0.29) is 5.78 Å². The minimum absolute atomic E-state index is 0.116. The number of nitrogens with zero attached hydrogens (tertiary/aromatic N) is 1. The van der Waals surface area contributed by atoms with Crippen molar-refractivity contribution in [2.45, 2.75) is 11.8 Å². The Bertz CT molecular complexity index is 775. The molecule has 0 fully saturated rings. The first kappa shape index (κ1) is 13.8. The summed E-state index contributed by atoms with van der Waals surface area (Å²) < 4.78 is 0. The second kappa shape index (κ2) is 6.10. The minimum Gasteiger partial charge on any atom is -0.293 e. The Morgan fingerprint density at radius 1 is 1.05 bits per heavy atom. The maximum absolute atomic E-state index is 12.4. The third kappa shape index (κ3) is 3.14. The number of carbonyl (C=O) groups excluding carboxylic acids is 1. The summed E-state index contributed by atoms with van der Waals surface area (Å²) >= 11 is 1.56. The Morgan fingerprint density at radius 2 is 1.81 bits per heavy atom. The van der Waals surface area contributed by atoms with Gasteiger partial charge in [-0.05, 0) is 31.2 Å². The molecule has 0 aliphatic rings. The molecule has 0 atom stereocenters. The molecule has 0 bridgehead atoms. The summed E-state index contributed by atoms with van der Waals surface area (Å²) in [5.41, 5.74) is 2.71. The number of hydrogen-bond acceptors (Lipinski definition) is 3. The number of hydrogen-bond donors (Lipinski definition) is 0. The molecule has 0 radical (unpaired) electrons. The van der Waals surface area contributed by atoms with Gasteiger partial charge in [-0.2, -0.15) is 0 Å². The molecule has 3 rings (SSSR count). The molecule has 1 heterocycles. The van der Waals surface area contributed by atoms with E-state index in [0.717, 1.165) is 15.8 Å². The lowest BCUT2D eigenvalue weighted by atomic mass is 10.1. The van der Waals surface area contributed by atoms with Gasteiger partial charge in [-0.3, -0.25) is 9.78 Å². The van der Waals surface area contributed by atoms with E-state index in [9.17, 15) is 4.79 Å². The molecule has 3 aromatic rings. The molecule has 104 valence electrons. The van der Waals surface area contributed by atoms with E-state index < -0.39 is 0 Å². The van der Waals surface area contributed by atoms with Crippen LogP contribution in [0.25, 0.3) is 10.9 Å². The molecule has 1 aromatic heterocycles. The average Bonchev–Trinajstić information content (AvgIpc) is 2.53. The number of benzene rings is 2. The Balaban J connectivity index is 1.79. The first-order chi connectivity index (χ1) is 10.2. The molecule has 0 aliphatic heterocycles. The second-order valence-electron chi connectivity index (χ2n) is 4.91. The molecule has 0 saturated carbocycles. The maximum atomic E-state index is 12.4. The number of carbonyl (C=O) groups is 1. The maximum Gasteiger partial charge on any atom is 0.175 e. The summed E-state index contributed by atoms with van der Waals surface area (Å²) in [5.74, 6) is 0.545. The standard InChI is InChI=1S/C18H15NOS/c1-13-7-9-15(10-8-13)21-12-17(20)16-6-2-4-14-5-3-11-19-18(14)16/h2-11H,12H2,1H3. The van der Waals surface area contributed by atoms with Gasteiger partial charge in [0.25, 0.3) is 0 Å². The number of rotatable bonds is 4. The zero-order valence-corrected chi connectivity index (χ0v) is 12.6. The van der Waals surface area contributed by atoms with Crippen LogP contribution in [-0.4, -0.2) is 16.5 Å². The van der Waals surface area contributed by atoms with Crippen molar-refractivity contribution in [2.24, 2.45) is 0 Å². The summed E-state index contributed by atoms with van der Waals surface area (Å²) in [6.07, 6.45) is 1.73. The lowest BCUT2D eigenvalue weighted by Gasteiger charge is -2.05. The molecule has 3 heteroatoms. The molecule has 0 N–H and O–H groups in total. The van der Waals surface area contributed by atoms with Gasteiger partial charge in [0, 0.05) is 22.0 Å². The summed E-state index contributed by atoms with van der Waals surface area (Å²) in [7, 11) is 0. The van der Waals surface area contributed by atoms with Crippen molar-refractivity contribution in [3.63, 3.8) is 0 Å². The number of aryl methyl sites for hydroxylation is 1. The third-order valence-electron chi connectivity index (χ3n) is 3.32. The minimum atomic E-state index is 0.116. The predicted molar refractivity (Wildman–Crippen MR) is 88.0 cm³/mol. The van der Waals surface area contributed by atoms with Crippen molar-refractivity contribution in [3.05, 3.63) is 71.9 Å². The van der Waals surface area contributed by atoms with Gasteiger partial charge in [0.1, 0.15) is 0 Å². The Hall–Kier alpha value is -2.13. The fraction of sp³-hybridized carbons (Fsp3) is 0.111. The van der Waals surface area contributed by atoms with Crippen LogP contribution < -0.4 is 0 Å². The summed E-state index contributed by atoms with van der Waals surface area (Å²) in [6, 6.07) is 17.8. The second-order valence-corrected chi connectivity index (χ2v) is 5.95. The van der Waals surface area contributed by atoms with Gasteiger partial charge in [0.05, 0.1) is 11.3 Å². The van der Waals surface area contributed by atoms with Crippen molar-refractivity contribution in [1.29, 1.82) is 0 Å². The van der Waals surface area contributed by atoms with E-state index in [2.05, 4.69) is 36.2 Å². The number of aromatic nitrogens is 1. The highest BCUT2D eigenvalue weighted by Gasteiger charge is 2.11. The van der Waals surface area contributed by atoms with Gasteiger partial charge in [-0.15, -0.1) is 11.8 Å². The molecule has 0 unspecified atom stereocenters. The van der Waals surface area contributed by atoms with Crippen LogP contribution >= 0.6 is 11.8 Å². The van der Waals surface area contributed by atoms with Gasteiger partial charge >= 0.3 is 0 Å². The van der Waals surface area contributed by atoms with Crippen LogP contribution in [0.3, 0.4) is 0 Å². The molecule has 2 aromatic carbocycles. The molecule has 0 saturated heterocycles. The van der Waals surface area contributed by atoms with Crippen molar-refractivity contribution in [2.75, 3.05) is 5.75 Å².